The maximum atomic E-state index is 14.3. The molecule has 0 saturated heterocycles. The molecule has 0 fully saturated rings. The van der Waals surface area contributed by atoms with Gasteiger partial charge in [0.2, 0.25) is 10.0 Å². The fourth-order valence-corrected chi connectivity index (χ4v) is 4.33. The lowest BCUT2D eigenvalue weighted by atomic mass is 10.1. The van der Waals surface area contributed by atoms with Crippen LogP contribution in [0.25, 0.3) is 11.4 Å². The first-order valence-electron chi connectivity index (χ1n) is 9.03. The van der Waals surface area contributed by atoms with Gasteiger partial charge in [-0.05, 0) is 30.3 Å². The van der Waals surface area contributed by atoms with Gasteiger partial charge in [0.05, 0.1) is 10.5 Å². The summed E-state index contributed by atoms with van der Waals surface area (Å²) in [5, 5.41) is 6.08. The molecular weight excluding hydrogens is 415 g/mol. The Morgan fingerprint density at radius 1 is 1.20 bits per heavy atom. The molecule has 0 aliphatic heterocycles. The number of sulfonamides is 1. The van der Waals surface area contributed by atoms with Gasteiger partial charge in [-0.3, -0.25) is 14.3 Å². The molecule has 1 aromatic heterocycles. The molecule has 0 radical (unpaired) electrons. The monoisotopic (exact) mass is 434 g/mol. The average molecular weight is 434 g/mol. The SMILES string of the molecule is CCN(CC)S(=O)(=O)c1ccc(F)c(C(=O)Nc2cccc(-c3noc(=O)[nH]3)c2)c1. The van der Waals surface area contributed by atoms with E-state index < -0.39 is 33.1 Å². The first-order valence-corrected chi connectivity index (χ1v) is 10.5. The number of amides is 1. The fourth-order valence-electron chi connectivity index (χ4n) is 2.85. The fraction of sp³-hybridized carbons (Fsp3) is 0.211. The number of anilines is 1. The van der Waals surface area contributed by atoms with E-state index in [4.69, 9.17) is 0 Å². The minimum absolute atomic E-state index is 0.162. The second-order valence-corrected chi connectivity index (χ2v) is 8.15. The molecular formula is C19H19FN4O5S. The van der Waals surface area contributed by atoms with Crippen molar-refractivity contribution in [2.45, 2.75) is 18.7 Å². The highest BCUT2D eigenvalue weighted by Gasteiger charge is 2.24. The number of H-pyrrole nitrogens is 1. The van der Waals surface area contributed by atoms with Gasteiger partial charge in [-0.1, -0.05) is 31.1 Å². The summed E-state index contributed by atoms with van der Waals surface area (Å²) in [6.45, 7) is 3.87. The number of aromatic amines is 1. The van der Waals surface area contributed by atoms with Crippen molar-refractivity contribution in [1.29, 1.82) is 0 Å². The zero-order valence-electron chi connectivity index (χ0n) is 16.2. The summed E-state index contributed by atoms with van der Waals surface area (Å²) in [5.41, 5.74) is 0.332. The van der Waals surface area contributed by atoms with Gasteiger partial charge in [0.1, 0.15) is 5.82 Å². The predicted octanol–water partition coefficient (Wildman–Crippen LogP) is 2.45. The lowest BCUT2D eigenvalue weighted by Gasteiger charge is -2.19. The normalized spacial score (nSPS) is 11.6. The Hall–Kier alpha value is -3.31. The third-order valence-corrected chi connectivity index (χ3v) is 6.41. The van der Waals surface area contributed by atoms with Crippen molar-refractivity contribution in [3.05, 3.63) is 64.4 Å². The van der Waals surface area contributed by atoms with Crippen LogP contribution in [0.5, 0.6) is 0 Å². The van der Waals surface area contributed by atoms with E-state index in [0.717, 1.165) is 18.2 Å². The number of aromatic nitrogens is 2. The van der Waals surface area contributed by atoms with Crippen LogP contribution in [-0.4, -0.2) is 41.9 Å². The first-order chi connectivity index (χ1) is 14.3. The van der Waals surface area contributed by atoms with Crippen molar-refractivity contribution < 1.29 is 22.1 Å². The summed E-state index contributed by atoms with van der Waals surface area (Å²) in [6, 6.07) is 9.35. The molecule has 0 saturated carbocycles. The molecule has 1 heterocycles. The number of rotatable bonds is 7. The van der Waals surface area contributed by atoms with Crippen molar-refractivity contribution in [2.24, 2.45) is 0 Å². The molecule has 0 unspecified atom stereocenters. The van der Waals surface area contributed by atoms with Crippen LogP contribution in [0.3, 0.4) is 0 Å². The standard InChI is InChI=1S/C19H19FN4O5S/c1-3-24(4-2)30(27,28)14-8-9-16(20)15(11-14)18(25)21-13-7-5-6-12(10-13)17-22-19(26)29-23-17/h5-11H,3-4H2,1-2H3,(H,21,25)(H,22,23,26). The van der Waals surface area contributed by atoms with Gasteiger partial charge in [-0.25, -0.2) is 17.6 Å². The molecule has 30 heavy (non-hydrogen) atoms. The zero-order chi connectivity index (χ0) is 21.9. The van der Waals surface area contributed by atoms with Gasteiger partial charge < -0.3 is 5.32 Å². The Morgan fingerprint density at radius 3 is 2.57 bits per heavy atom. The highest BCUT2D eigenvalue weighted by atomic mass is 32.2. The summed E-state index contributed by atoms with van der Waals surface area (Å²) in [5.74, 6) is -2.25. The van der Waals surface area contributed by atoms with Crippen LogP contribution in [0.15, 0.2) is 56.7 Å². The number of nitrogens with one attached hydrogen (secondary N) is 2. The van der Waals surface area contributed by atoms with Gasteiger partial charge in [0.15, 0.2) is 5.82 Å². The molecule has 0 atom stereocenters. The maximum absolute atomic E-state index is 14.3. The smallest absolute Gasteiger partial charge is 0.322 e. The summed E-state index contributed by atoms with van der Waals surface area (Å²) >= 11 is 0. The van der Waals surface area contributed by atoms with E-state index >= 15 is 0 Å². The van der Waals surface area contributed by atoms with E-state index in [1.165, 1.54) is 10.4 Å². The molecule has 158 valence electrons. The number of carbonyl (C=O) groups excluding carboxylic acids is 1. The number of benzene rings is 2. The van der Waals surface area contributed by atoms with E-state index in [-0.39, 0.29) is 29.5 Å². The molecule has 1 amide bonds. The van der Waals surface area contributed by atoms with Crippen LogP contribution in [-0.2, 0) is 10.0 Å². The third-order valence-electron chi connectivity index (χ3n) is 4.36. The minimum Gasteiger partial charge on any atom is -0.322 e. The van der Waals surface area contributed by atoms with Crippen molar-refractivity contribution in [2.75, 3.05) is 18.4 Å². The predicted molar refractivity (Wildman–Crippen MR) is 107 cm³/mol. The molecule has 9 nitrogen and oxygen atoms in total. The van der Waals surface area contributed by atoms with Crippen LogP contribution in [0.2, 0.25) is 0 Å². The minimum atomic E-state index is -3.85. The topological polar surface area (TPSA) is 125 Å². The molecule has 0 bridgehead atoms. The quantitative estimate of drug-likeness (QED) is 0.588. The molecule has 2 aromatic carbocycles. The van der Waals surface area contributed by atoms with E-state index in [1.807, 2.05) is 0 Å². The van der Waals surface area contributed by atoms with Crippen molar-refractivity contribution >= 4 is 21.6 Å². The Kier molecular flexibility index (Phi) is 6.13. The Bertz CT molecular complexity index is 1230. The average Bonchev–Trinajstić information content (AvgIpc) is 3.15. The summed E-state index contributed by atoms with van der Waals surface area (Å²) in [4.78, 5) is 25.9. The summed E-state index contributed by atoms with van der Waals surface area (Å²) < 4.78 is 45.3. The van der Waals surface area contributed by atoms with Gasteiger partial charge in [-0.2, -0.15) is 4.31 Å². The summed E-state index contributed by atoms with van der Waals surface area (Å²) in [7, 11) is -3.85. The number of carbonyl (C=O) groups is 1. The number of nitrogens with zero attached hydrogens (tertiary/aromatic N) is 2. The van der Waals surface area contributed by atoms with Gasteiger partial charge in [-0.15, -0.1) is 0 Å². The second kappa shape index (κ2) is 8.59. The molecule has 2 N–H and O–H groups in total. The zero-order valence-corrected chi connectivity index (χ0v) is 17.0. The first kappa shape index (κ1) is 21.4. The number of hydrogen-bond acceptors (Lipinski definition) is 6. The van der Waals surface area contributed by atoms with Gasteiger partial charge >= 0.3 is 5.76 Å². The van der Waals surface area contributed by atoms with Crippen LogP contribution in [0.4, 0.5) is 10.1 Å². The Balaban J connectivity index is 1.90. The molecule has 0 aliphatic carbocycles. The third kappa shape index (κ3) is 4.31. The molecule has 0 spiro atoms. The van der Waals surface area contributed by atoms with Gasteiger partial charge in [0, 0.05) is 24.3 Å². The van der Waals surface area contributed by atoms with E-state index in [2.05, 4.69) is 20.0 Å². The van der Waals surface area contributed by atoms with E-state index in [9.17, 15) is 22.4 Å². The molecule has 3 aromatic rings. The van der Waals surface area contributed by atoms with Crippen molar-refractivity contribution in [3.63, 3.8) is 0 Å². The maximum Gasteiger partial charge on any atom is 0.439 e. The van der Waals surface area contributed by atoms with Gasteiger partial charge in [0.25, 0.3) is 5.91 Å². The highest BCUT2D eigenvalue weighted by molar-refractivity contribution is 7.89. The Morgan fingerprint density at radius 2 is 1.93 bits per heavy atom. The Labute approximate surface area is 171 Å². The highest BCUT2D eigenvalue weighted by Crippen LogP contribution is 2.22. The molecule has 11 heteroatoms. The number of hydrogen-bond donors (Lipinski definition) is 2. The van der Waals surface area contributed by atoms with Crippen LogP contribution >= 0.6 is 0 Å². The lowest BCUT2D eigenvalue weighted by molar-refractivity contribution is 0.102. The molecule has 0 aliphatic rings. The molecule has 3 rings (SSSR count). The number of halogens is 1. The summed E-state index contributed by atoms with van der Waals surface area (Å²) in [6.07, 6.45) is 0. The van der Waals surface area contributed by atoms with E-state index in [0.29, 0.717) is 5.56 Å². The largest absolute Gasteiger partial charge is 0.439 e. The second-order valence-electron chi connectivity index (χ2n) is 6.21. The van der Waals surface area contributed by atoms with E-state index in [1.54, 1.807) is 32.0 Å². The van der Waals surface area contributed by atoms with Crippen LogP contribution in [0.1, 0.15) is 24.2 Å². The lowest BCUT2D eigenvalue weighted by Crippen LogP contribution is -2.31. The van der Waals surface area contributed by atoms with Crippen molar-refractivity contribution in [3.8, 4) is 11.4 Å². The van der Waals surface area contributed by atoms with Crippen molar-refractivity contribution in [1.82, 2.24) is 14.4 Å². The van der Waals surface area contributed by atoms with Crippen LogP contribution < -0.4 is 11.1 Å². The van der Waals surface area contributed by atoms with Crippen LogP contribution in [0, 0.1) is 5.82 Å².